The van der Waals surface area contributed by atoms with Crippen LogP contribution in [0.1, 0.15) is 26.7 Å². The van der Waals surface area contributed by atoms with E-state index in [0.29, 0.717) is 12.8 Å². The van der Waals surface area contributed by atoms with Gasteiger partial charge in [0.2, 0.25) is 0 Å². The maximum absolute atomic E-state index is 11.4. The molecule has 13 heavy (non-hydrogen) atoms. The van der Waals surface area contributed by atoms with Crippen molar-refractivity contribution in [1.29, 1.82) is 0 Å². The van der Waals surface area contributed by atoms with Gasteiger partial charge in [-0.25, -0.2) is 0 Å². The molecule has 1 aliphatic carbocycles. The van der Waals surface area contributed by atoms with Crippen LogP contribution in [0.5, 0.6) is 0 Å². The van der Waals surface area contributed by atoms with Crippen LogP contribution in [0.15, 0.2) is 0 Å². The number of aliphatic carboxylic acids is 1. The molecule has 1 aliphatic rings. The summed E-state index contributed by atoms with van der Waals surface area (Å²) in [6.07, 6.45) is 0.902. The Balaban J connectivity index is 2.85. The second-order valence-corrected chi connectivity index (χ2v) is 4.91. The predicted octanol–water partition coefficient (Wildman–Crippen LogP) is 1.56. The lowest BCUT2D eigenvalue weighted by Gasteiger charge is -2.24. The van der Waals surface area contributed by atoms with Crippen molar-refractivity contribution in [3.8, 4) is 0 Å². The lowest BCUT2D eigenvalue weighted by atomic mass is 9.89. The average Bonchev–Trinajstić information content (AvgIpc) is 2.34. The quantitative estimate of drug-likeness (QED) is 0.754. The zero-order valence-corrected chi connectivity index (χ0v) is 8.69. The van der Waals surface area contributed by atoms with Gasteiger partial charge >= 0.3 is 5.97 Å². The topological polar surface area (TPSA) is 54.4 Å². The monoisotopic (exact) mass is 202 g/mol. The number of Topliss-reactive ketones (excluding diaryl/α,β-unsaturated/α-hetero) is 1. The van der Waals surface area contributed by atoms with Crippen molar-refractivity contribution in [2.75, 3.05) is 5.75 Å². The Morgan fingerprint density at radius 2 is 2.38 bits per heavy atom. The first-order chi connectivity index (χ1) is 6.02. The third-order valence-corrected chi connectivity index (χ3v) is 4.03. The molecule has 0 saturated heterocycles. The molecule has 3 nitrogen and oxygen atoms in total. The minimum Gasteiger partial charge on any atom is -0.481 e. The van der Waals surface area contributed by atoms with Crippen LogP contribution in [0.3, 0.4) is 0 Å². The molecule has 0 aromatic rings. The molecule has 74 valence electrons. The van der Waals surface area contributed by atoms with Gasteiger partial charge in [0.25, 0.3) is 0 Å². The largest absolute Gasteiger partial charge is 0.481 e. The van der Waals surface area contributed by atoms with Gasteiger partial charge in [0.05, 0.1) is 10.7 Å². The van der Waals surface area contributed by atoms with Gasteiger partial charge in [-0.15, -0.1) is 11.8 Å². The van der Waals surface area contributed by atoms with Crippen LogP contribution in [0.2, 0.25) is 0 Å². The molecule has 0 heterocycles. The standard InChI is InChI=1S/C9H14O3S/c1-3-13-7-6(10)4-5-9(7,2)8(11)12/h7H,3-5H2,1-2H3,(H,11,12). The number of ketones is 1. The van der Waals surface area contributed by atoms with Crippen LogP contribution in [-0.2, 0) is 9.59 Å². The molecule has 0 bridgehead atoms. The molecule has 1 saturated carbocycles. The maximum atomic E-state index is 11.4. The Labute approximate surface area is 81.9 Å². The Morgan fingerprint density at radius 3 is 2.85 bits per heavy atom. The van der Waals surface area contributed by atoms with Crippen molar-refractivity contribution in [2.45, 2.75) is 31.9 Å². The van der Waals surface area contributed by atoms with Crippen LogP contribution in [0, 0.1) is 5.41 Å². The molecule has 4 heteroatoms. The van der Waals surface area contributed by atoms with Crippen LogP contribution in [0.25, 0.3) is 0 Å². The third-order valence-electron chi connectivity index (χ3n) is 2.58. The van der Waals surface area contributed by atoms with Crippen LogP contribution in [-0.4, -0.2) is 27.9 Å². The SMILES string of the molecule is CCSC1C(=O)CCC1(C)C(=O)O. The lowest BCUT2D eigenvalue weighted by Crippen LogP contribution is -2.36. The van der Waals surface area contributed by atoms with Crippen molar-refractivity contribution in [3.05, 3.63) is 0 Å². The van der Waals surface area contributed by atoms with Crippen molar-refractivity contribution in [1.82, 2.24) is 0 Å². The molecule has 0 aromatic carbocycles. The summed E-state index contributed by atoms with van der Waals surface area (Å²) < 4.78 is 0. The first kappa shape index (κ1) is 10.6. The van der Waals surface area contributed by atoms with E-state index in [2.05, 4.69) is 0 Å². The number of carbonyl (C=O) groups excluding carboxylic acids is 1. The van der Waals surface area contributed by atoms with Crippen LogP contribution < -0.4 is 0 Å². The van der Waals surface area contributed by atoms with Gasteiger partial charge in [-0.05, 0) is 19.1 Å². The first-order valence-corrected chi connectivity index (χ1v) is 5.45. The molecule has 2 unspecified atom stereocenters. The summed E-state index contributed by atoms with van der Waals surface area (Å²) in [7, 11) is 0. The highest BCUT2D eigenvalue weighted by atomic mass is 32.2. The van der Waals surface area contributed by atoms with Crippen LogP contribution >= 0.6 is 11.8 Å². The van der Waals surface area contributed by atoms with E-state index >= 15 is 0 Å². The van der Waals surface area contributed by atoms with Crippen LogP contribution in [0.4, 0.5) is 0 Å². The van der Waals surface area contributed by atoms with Crippen molar-refractivity contribution in [3.63, 3.8) is 0 Å². The molecule has 0 radical (unpaired) electrons. The minimum atomic E-state index is -0.843. The Hall–Kier alpha value is -0.510. The molecule has 2 atom stereocenters. The maximum Gasteiger partial charge on any atom is 0.310 e. The van der Waals surface area contributed by atoms with E-state index in [-0.39, 0.29) is 11.0 Å². The predicted molar refractivity (Wildman–Crippen MR) is 51.9 cm³/mol. The van der Waals surface area contributed by atoms with E-state index in [9.17, 15) is 9.59 Å². The fraction of sp³-hybridized carbons (Fsp3) is 0.778. The smallest absolute Gasteiger partial charge is 0.310 e. The fourth-order valence-corrected chi connectivity index (χ4v) is 2.89. The summed E-state index contributed by atoms with van der Waals surface area (Å²) >= 11 is 1.45. The highest BCUT2D eigenvalue weighted by Gasteiger charge is 2.50. The number of thioether (sulfide) groups is 1. The fourth-order valence-electron chi connectivity index (χ4n) is 1.66. The molecule has 0 amide bonds. The van der Waals surface area contributed by atoms with E-state index in [0.717, 1.165) is 5.75 Å². The van der Waals surface area contributed by atoms with Gasteiger partial charge in [0.15, 0.2) is 0 Å². The first-order valence-electron chi connectivity index (χ1n) is 4.40. The van der Waals surface area contributed by atoms with Gasteiger partial charge in [-0.2, -0.15) is 0 Å². The number of hydrogen-bond donors (Lipinski definition) is 1. The molecular weight excluding hydrogens is 188 g/mol. The number of hydrogen-bond acceptors (Lipinski definition) is 3. The summed E-state index contributed by atoms with van der Waals surface area (Å²) in [6, 6.07) is 0. The minimum absolute atomic E-state index is 0.0942. The molecular formula is C9H14O3S. The van der Waals surface area contributed by atoms with Gasteiger partial charge in [0.1, 0.15) is 5.78 Å². The normalized spacial score (nSPS) is 33.7. The van der Waals surface area contributed by atoms with Gasteiger partial charge in [-0.3, -0.25) is 9.59 Å². The Bertz CT molecular complexity index is 239. The number of carboxylic acids is 1. The molecule has 1 N–H and O–H groups in total. The van der Waals surface area contributed by atoms with E-state index in [1.54, 1.807) is 6.92 Å². The molecule has 0 spiro atoms. The Kier molecular flexibility index (Phi) is 3.01. The molecule has 0 aliphatic heterocycles. The molecule has 1 rings (SSSR count). The molecule has 1 fully saturated rings. The number of carbonyl (C=O) groups is 2. The lowest BCUT2D eigenvalue weighted by molar-refractivity contribution is -0.147. The van der Waals surface area contributed by atoms with E-state index in [4.69, 9.17) is 5.11 Å². The van der Waals surface area contributed by atoms with Gasteiger partial charge in [0, 0.05) is 6.42 Å². The number of carboxylic acid groups (broad SMARTS) is 1. The van der Waals surface area contributed by atoms with E-state index in [1.165, 1.54) is 11.8 Å². The number of rotatable bonds is 3. The van der Waals surface area contributed by atoms with Crippen molar-refractivity contribution >= 4 is 23.5 Å². The van der Waals surface area contributed by atoms with Crippen molar-refractivity contribution in [2.24, 2.45) is 5.41 Å². The van der Waals surface area contributed by atoms with Gasteiger partial charge in [-0.1, -0.05) is 6.92 Å². The van der Waals surface area contributed by atoms with Gasteiger partial charge < -0.3 is 5.11 Å². The zero-order chi connectivity index (χ0) is 10.1. The summed E-state index contributed by atoms with van der Waals surface area (Å²) in [5.74, 6) is 0.0419. The second-order valence-electron chi connectivity index (χ2n) is 3.52. The van der Waals surface area contributed by atoms with E-state index < -0.39 is 11.4 Å². The highest BCUT2D eigenvalue weighted by Crippen LogP contribution is 2.42. The third kappa shape index (κ3) is 1.73. The summed E-state index contributed by atoms with van der Waals surface area (Å²) in [5.41, 5.74) is -0.836. The average molecular weight is 202 g/mol. The van der Waals surface area contributed by atoms with E-state index in [1.807, 2.05) is 6.92 Å². The highest BCUT2D eigenvalue weighted by molar-refractivity contribution is 8.00. The molecule has 0 aromatic heterocycles. The van der Waals surface area contributed by atoms with Crippen molar-refractivity contribution < 1.29 is 14.7 Å². The Morgan fingerprint density at radius 1 is 1.77 bits per heavy atom. The summed E-state index contributed by atoms with van der Waals surface area (Å²) in [6.45, 7) is 3.62. The zero-order valence-electron chi connectivity index (χ0n) is 7.87. The second kappa shape index (κ2) is 3.70. The summed E-state index contributed by atoms with van der Waals surface area (Å²) in [5, 5.41) is 8.68. The summed E-state index contributed by atoms with van der Waals surface area (Å²) in [4.78, 5) is 22.4.